The number of ether oxygens (including phenoxy) is 1. The molecule has 0 bridgehead atoms. The maximum atomic E-state index is 6.94. The van der Waals surface area contributed by atoms with E-state index in [4.69, 9.17) is 19.7 Å². The van der Waals surface area contributed by atoms with Crippen LogP contribution in [-0.4, -0.2) is 15.0 Å². The summed E-state index contributed by atoms with van der Waals surface area (Å²) in [6, 6.07) is 71.7. The molecule has 4 heteroatoms. The van der Waals surface area contributed by atoms with Gasteiger partial charge in [-0.3, -0.25) is 0 Å². The van der Waals surface area contributed by atoms with Crippen LogP contribution in [0.4, 0.5) is 0 Å². The Hall–Kier alpha value is -7.43. The van der Waals surface area contributed by atoms with Crippen LogP contribution in [0.1, 0.15) is 18.1 Å². The van der Waals surface area contributed by atoms with Gasteiger partial charge in [-0.25, -0.2) is 15.0 Å². The summed E-state index contributed by atoms with van der Waals surface area (Å²) in [5.41, 5.74) is 13.5. The first kappa shape index (κ1) is 34.1. The molecule has 0 aliphatic carbocycles. The maximum Gasteiger partial charge on any atom is 0.164 e. The van der Waals surface area contributed by atoms with Crippen LogP contribution in [0.3, 0.4) is 0 Å². The van der Waals surface area contributed by atoms with E-state index in [1.54, 1.807) is 0 Å². The zero-order chi connectivity index (χ0) is 38.2. The molecule has 2 heterocycles. The number of aromatic nitrogens is 3. The van der Waals surface area contributed by atoms with Gasteiger partial charge in [0.05, 0.1) is 0 Å². The Morgan fingerprint density at radius 1 is 0.333 bits per heavy atom. The van der Waals surface area contributed by atoms with E-state index in [0.717, 1.165) is 61.4 Å². The average Bonchev–Trinajstić information content (AvgIpc) is 3.30. The molecule has 0 saturated heterocycles. The van der Waals surface area contributed by atoms with E-state index in [-0.39, 0.29) is 0 Å². The molecule has 9 aromatic rings. The minimum atomic E-state index is -0.620. The Morgan fingerprint density at radius 2 is 0.702 bits per heavy atom. The summed E-state index contributed by atoms with van der Waals surface area (Å²) in [5, 5.41) is 0. The van der Waals surface area contributed by atoms with Gasteiger partial charge in [-0.2, -0.15) is 0 Å². The Bertz CT molecular complexity index is 2740. The molecule has 0 saturated carbocycles. The smallest absolute Gasteiger partial charge is 0.164 e. The number of fused-ring (bicyclic) bond motifs is 3. The van der Waals surface area contributed by atoms with E-state index in [1.807, 2.05) is 18.2 Å². The first-order chi connectivity index (χ1) is 28.1. The third kappa shape index (κ3) is 6.47. The molecular formula is C53H37N3O. The molecule has 4 nitrogen and oxygen atoms in total. The fraction of sp³-hybridized carbons (Fsp3) is 0.0377. The second-order valence-electron chi connectivity index (χ2n) is 14.5. The molecule has 1 aliphatic heterocycles. The van der Waals surface area contributed by atoms with Crippen molar-refractivity contribution in [1.82, 2.24) is 15.0 Å². The van der Waals surface area contributed by atoms with E-state index in [0.29, 0.717) is 17.5 Å². The molecule has 1 unspecified atom stereocenters. The molecule has 10 rings (SSSR count). The van der Waals surface area contributed by atoms with Gasteiger partial charge in [0.15, 0.2) is 23.1 Å². The number of benzene rings is 8. The highest BCUT2D eigenvalue weighted by Crippen LogP contribution is 2.49. The Labute approximate surface area is 332 Å². The third-order valence-electron chi connectivity index (χ3n) is 11.0. The lowest BCUT2D eigenvalue weighted by Crippen LogP contribution is -2.34. The van der Waals surface area contributed by atoms with Crippen molar-refractivity contribution >= 4 is 0 Å². The summed E-state index contributed by atoms with van der Waals surface area (Å²) in [5.74, 6) is 2.73. The maximum absolute atomic E-state index is 6.94. The van der Waals surface area contributed by atoms with Gasteiger partial charge in [0, 0.05) is 27.8 Å². The van der Waals surface area contributed by atoms with Crippen molar-refractivity contribution < 1.29 is 4.74 Å². The standard InChI is InChI=1S/C53H37N3O/c1-53(45-17-9-4-10-18-45)48-20-12-11-19-46(48)47-34-33-44(35-49(47)57-53)40-25-31-43(32-26-40)52-55-50(41-27-21-38(22-28-41)36-13-5-2-6-14-36)54-51(56-52)42-29-23-39(24-30-42)37-15-7-3-8-16-37/h2-35H,1H3. The number of nitrogens with zero attached hydrogens (tertiary/aromatic N) is 3. The lowest BCUT2D eigenvalue weighted by Gasteiger charge is -2.38. The lowest BCUT2D eigenvalue weighted by atomic mass is 9.80. The molecule has 0 spiro atoms. The van der Waals surface area contributed by atoms with E-state index >= 15 is 0 Å². The predicted molar refractivity (Wildman–Crippen MR) is 231 cm³/mol. The average molecular weight is 732 g/mol. The Morgan fingerprint density at radius 3 is 1.19 bits per heavy atom. The second-order valence-corrected chi connectivity index (χ2v) is 14.5. The topological polar surface area (TPSA) is 47.9 Å². The highest BCUT2D eigenvalue weighted by atomic mass is 16.5. The molecule has 1 atom stereocenters. The van der Waals surface area contributed by atoms with Crippen molar-refractivity contribution in [2.45, 2.75) is 12.5 Å². The number of rotatable bonds is 7. The van der Waals surface area contributed by atoms with Crippen molar-refractivity contribution in [3.05, 3.63) is 217 Å². The molecule has 0 amide bonds. The number of hydrogen-bond donors (Lipinski definition) is 0. The van der Waals surface area contributed by atoms with Crippen molar-refractivity contribution in [3.8, 4) is 84.4 Å². The summed E-state index contributed by atoms with van der Waals surface area (Å²) < 4.78 is 6.94. The zero-order valence-electron chi connectivity index (χ0n) is 31.4. The van der Waals surface area contributed by atoms with Crippen LogP contribution < -0.4 is 4.74 Å². The van der Waals surface area contributed by atoms with Gasteiger partial charge in [0.1, 0.15) is 5.75 Å². The highest BCUT2D eigenvalue weighted by molar-refractivity contribution is 5.82. The van der Waals surface area contributed by atoms with Crippen molar-refractivity contribution in [2.75, 3.05) is 0 Å². The summed E-state index contributed by atoms with van der Waals surface area (Å²) >= 11 is 0. The summed E-state index contributed by atoms with van der Waals surface area (Å²) in [6.45, 7) is 2.16. The lowest BCUT2D eigenvalue weighted by molar-refractivity contribution is 0.129. The van der Waals surface area contributed by atoms with Gasteiger partial charge < -0.3 is 4.74 Å². The van der Waals surface area contributed by atoms with Crippen LogP contribution in [0.2, 0.25) is 0 Å². The first-order valence-electron chi connectivity index (χ1n) is 19.3. The quantitative estimate of drug-likeness (QED) is 0.164. The molecule has 1 aromatic heterocycles. The molecular weight excluding hydrogens is 695 g/mol. The van der Waals surface area contributed by atoms with Crippen LogP contribution in [0.15, 0.2) is 206 Å². The van der Waals surface area contributed by atoms with E-state index in [9.17, 15) is 0 Å². The second kappa shape index (κ2) is 14.3. The third-order valence-corrected chi connectivity index (χ3v) is 11.0. The molecule has 1 aliphatic rings. The van der Waals surface area contributed by atoms with Crippen LogP contribution in [-0.2, 0) is 5.60 Å². The van der Waals surface area contributed by atoms with Gasteiger partial charge in [0.2, 0.25) is 0 Å². The summed E-state index contributed by atoms with van der Waals surface area (Å²) in [4.78, 5) is 15.1. The highest BCUT2D eigenvalue weighted by Gasteiger charge is 2.38. The fourth-order valence-electron chi connectivity index (χ4n) is 7.85. The van der Waals surface area contributed by atoms with Crippen molar-refractivity contribution in [1.29, 1.82) is 0 Å². The van der Waals surface area contributed by atoms with Crippen molar-refractivity contribution in [3.63, 3.8) is 0 Å². The number of hydrogen-bond acceptors (Lipinski definition) is 4. The normalized spacial score (nSPS) is 14.3. The van der Waals surface area contributed by atoms with E-state index in [1.165, 1.54) is 16.7 Å². The molecule has 270 valence electrons. The molecule has 0 N–H and O–H groups in total. The largest absolute Gasteiger partial charge is 0.477 e. The summed E-state index contributed by atoms with van der Waals surface area (Å²) in [7, 11) is 0. The van der Waals surface area contributed by atoms with Crippen LogP contribution in [0.5, 0.6) is 5.75 Å². The Balaban J connectivity index is 1.01. The zero-order valence-corrected chi connectivity index (χ0v) is 31.4. The molecule has 0 radical (unpaired) electrons. The molecule has 0 fully saturated rings. The van der Waals surface area contributed by atoms with Gasteiger partial charge in [-0.15, -0.1) is 0 Å². The summed E-state index contributed by atoms with van der Waals surface area (Å²) in [6.07, 6.45) is 0. The SMILES string of the molecule is CC1(c2ccccc2)Oc2cc(-c3ccc(-c4nc(-c5ccc(-c6ccccc6)cc5)nc(-c5ccc(-c6ccccc6)cc5)n4)cc3)ccc2-c2ccccc21. The van der Waals surface area contributed by atoms with Crippen LogP contribution in [0.25, 0.3) is 78.7 Å². The predicted octanol–water partition coefficient (Wildman–Crippen LogP) is 13.2. The van der Waals surface area contributed by atoms with Crippen molar-refractivity contribution in [2.24, 2.45) is 0 Å². The van der Waals surface area contributed by atoms with E-state index < -0.39 is 5.60 Å². The van der Waals surface area contributed by atoms with Crippen LogP contribution >= 0.6 is 0 Å². The minimum Gasteiger partial charge on any atom is -0.477 e. The monoisotopic (exact) mass is 731 g/mol. The van der Waals surface area contributed by atoms with Crippen LogP contribution in [0, 0.1) is 0 Å². The van der Waals surface area contributed by atoms with E-state index in [2.05, 4.69) is 195 Å². The van der Waals surface area contributed by atoms with Gasteiger partial charge in [-0.1, -0.05) is 200 Å². The fourth-order valence-corrected chi connectivity index (χ4v) is 7.85. The van der Waals surface area contributed by atoms with Gasteiger partial charge >= 0.3 is 0 Å². The first-order valence-corrected chi connectivity index (χ1v) is 19.3. The molecule has 57 heavy (non-hydrogen) atoms. The minimum absolute atomic E-state index is 0.616. The van der Waals surface area contributed by atoms with Gasteiger partial charge in [-0.05, 0) is 57.5 Å². The Kier molecular flexibility index (Phi) is 8.57. The van der Waals surface area contributed by atoms with Gasteiger partial charge in [0.25, 0.3) is 0 Å². The molecule has 8 aromatic carbocycles.